The van der Waals surface area contributed by atoms with Gasteiger partial charge in [-0.3, -0.25) is 9.59 Å². The van der Waals surface area contributed by atoms with Gasteiger partial charge >= 0.3 is 5.97 Å². The Morgan fingerprint density at radius 2 is 1.93 bits per heavy atom. The first-order valence-electron chi connectivity index (χ1n) is 8.54. The number of carbonyl (C=O) groups excluding carboxylic acids is 3. The smallest absolute Gasteiger partial charge is 0.339 e. The molecular weight excluding hydrogens is 350 g/mol. The number of benzene rings is 1. The van der Waals surface area contributed by atoms with Crippen molar-refractivity contribution in [2.24, 2.45) is 0 Å². The average molecular weight is 373 g/mol. The lowest BCUT2D eigenvalue weighted by atomic mass is 10.1. The third kappa shape index (κ3) is 4.19. The van der Waals surface area contributed by atoms with E-state index in [-0.39, 0.29) is 5.78 Å². The summed E-state index contributed by atoms with van der Waals surface area (Å²) in [5.41, 5.74) is 2.16. The number of H-pyrrole nitrogens is 1. The van der Waals surface area contributed by atoms with Crippen LogP contribution in [0.5, 0.6) is 11.5 Å². The molecule has 7 nitrogen and oxygen atoms in total. The van der Waals surface area contributed by atoms with Crippen LogP contribution in [0, 0.1) is 13.8 Å². The Bertz CT molecular complexity index is 868. The third-order valence-electron chi connectivity index (χ3n) is 4.15. The highest BCUT2D eigenvalue weighted by Crippen LogP contribution is 2.30. The Morgan fingerprint density at radius 3 is 2.52 bits per heavy atom. The molecule has 0 bridgehead atoms. The number of hydrogen-bond acceptors (Lipinski definition) is 6. The summed E-state index contributed by atoms with van der Waals surface area (Å²) in [6.07, 6.45) is -0.131. The minimum atomic E-state index is -0.839. The van der Waals surface area contributed by atoms with E-state index < -0.39 is 12.1 Å². The number of aryl methyl sites for hydroxylation is 1. The van der Waals surface area contributed by atoms with Crippen molar-refractivity contribution in [3.05, 3.63) is 46.3 Å². The number of aldehydes is 1. The SMILES string of the molecule is CCOc1cc(C=O)ccc1O[C@H](C)C(=O)c1[nH]c(C)c(C(=O)OC)c1C. The lowest BCUT2D eigenvalue weighted by Gasteiger charge is -2.17. The first-order chi connectivity index (χ1) is 12.8. The molecule has 0 aliphatic rings. The molecule has 0 saturated carbocycles. The molecule has 0 radical (unpaired) electrons. The molecule has 2 rings (SSSR count). The zero-order chi connectivity index (χ0) is 20.1. The molecular formula is C20H23NO6. The Kier molecular flexibility index (Phi) is 6.39. The van der Waals surface area contributed by atoms with Gasteiger partial charge in [-0.15, -0.1) is 0 Å². The summed E-state index contributed by atoms with van der Waals surface area (Å²) in [5, 5.41) is 0. The first kappa shape index (κ1) is 20.2. The van der Waals surface area contributed by atoms with Crippen LogP contribution < -0.4 is 9.47 Å². The number of Topliss-reactive ketones (excluding diaryl/α,β-unsaturated/α-hetero) is 1. The summed E-state index contributed by atoms with van der Waals surface area (Å²) in [5.74, 6) is -0.0709. The second-order valence-electron chi connectivity index (χ2n) is 6.00. The minimum absolute atomic E-state index is 0.294. The fourth-order valence-electron chi connectivity index (χ4n) is 2.82. The molecule has 0 saturated heterocycles. The number of hydrogen-bond donors (Lipinski definition) is 1. The summed E-state index contributed by atoms with van der Waals surface area (Å²) in [6, 6.07) is 4.73. The van der Waals surface area contributed by atoms with Crippen LogP contribution in [-0.2, 0) is 4.74 Å². The van der Waals surface area contributed by atoms with Gasteiger partial charge in [0.2, 0.25) is 5.78 Å². The number of ether oxygens (including phenoxy) is 3. The molecule has 1 aromatic heterocycles. The van der Waals surface area contributed by atoms with Gasteiger partial charge in [-0.25, -0.2) is 4.79 Å². The number of aromatic nitrogens is 1. The van der Waals surface area contributed by atoms with Crippen molar-refractivity contribution >= 4 is 18.0 Å². The van der Waals surface area contributed by atoms with Gasteiger partial charge in [0.05, 0.1) is 25.0 Å². The van der Waals surface area contributed by atoms with Crippen LogP contribution in [0.25, 0.3) is 0 Å². The van der Waals surface area contributed by atoms with Crippen molar-refractivity contribution in [2.75, 3.05) is 13.7 Å². The third-order valence-corrected chi connectivity index (χ3v) is 4.15. The van der Waals surface area contributed by atoms with E-state index in [1.807, 2.05) is 6.92 Å². The molecule has 1 atom stereocenters. The maximum atomic E-state index is 12.8. The van der Waals surface area contributed by atoms with Crippen molar-refractivity contribution in [2.45, 2.75) is 33.8 Å². The predicted octanol–water partition coefficient (Wildman–Crippen LogP) is 3.28. The van der Waals surface area contributed by atoms with Crippen LogP contribution in [0.1, 0.15) is 56.3 Å². The molecule has 1 aromatic carbocycles. The molecule has 27 heavy (non-hydrogen) atoms. The number of methoxy groups -OCH3 is 1. The molecule has 1 heterocycles. The zero-order valence-electron chi connectivity index (χ0n) is 16.0. The molecule has 7 heteroatoms. The number of nitrogens with one attached hydrogen (secondary N) is 1. The average Bonchev–Trinajstić information content (AvgIpc) is 2.96. The lowest BCUT2D eigenvalue weighted by molar-refractivity contribution is 0.0599. The number of rotatable bonds is 8. The van der Waals surface area contributed by atoms with E-state index in [4.69, 9.17) is 14.2 Å². The van der Waals surface area contributed by atoms with Crippen LogP contribution in [0.3, 0.4) is 0 Å². The van der Waals surface area contributed by atoms with Gasteiger partial charge in [0.25, 0.3) is 0 Å². The predicted molar refractivity (Wildman–Crippen MR) is 99.0 cm³/mol. The highest BCUT2D eigenvalue weighted by Gasteiger charge is 2.27. The number of carbonyl (C=O) groups is 3. The zero-order valence-corrected chi connectivity index (χ0v) is 16.0. The van der Waals surface area contributed by atoms with Crippen LogP contribution in [0.4, 0.5) is 0 Å². The maximum absolute atomic E-state index is 12.8. The molecule has 1 N–H and O–H groups in total. The molecule has 0 aliphatic carbocycles. The highest BCUT2D eigenvalue weighted by molar-refractivity contribution is 6.03. The fourth-order valence-corrected chi connectivity index (χ4v) is 2.82. The Labute approximate surface area is 157 Å². The maximum Gasteiger partial charge on any atom is 0.339 e. The summed E-state index contributed by atoms with van der Waals surface area (Å²) in [7, 11) is 1.29. The molecule has 2 aromatic rings. The normalized spacial score (nSPS) is 11.6. The molecule has 0 amide bonds. The minimum Gasteiger partial charge on any atom is -0.490 e. The summed E-state index contributed by atoms with van der Waals surface area (Å²) in [4.78, 5) is 38.6. The van der Waals surface area contributed by atoms with E-state index in [0.717, 1.165) is 0 Å². The van der Waals surface area contributed by atoms with Gasteiger partial charge in [0.15, 0.2) is 17.6 Å². The Morgan fingerprint density at radius 1 is 1.22 bits per heavy atom. The second-order valence-corrected chi connectivity index (χ2v) is 6.00. The second kappa shape index (κ2) is 8.53. The fraction of sp³-hybridized carbons (Fsp3) is 0.350. The molecule has 0 fully saturated rings. The summed E-state index contributed by atoms with van der Waals surface area (Å²) in [6.45, 7) is 7.19. The Balaban J connectivity index is 2.29. The van der Waals surface area contributed by atoms with Crippen molar-refractivity contribution < 1.29 is 28.6 Å². The van der Waals surface area contributed by atoms with E-state index in [2.05, 4.69) is 4.98 Å². The van der Waals surface area contributed by atoms with E-state index in [9.17, 15) is 14.4 Å². The monoisotopic (exact) mass is 373 g/mol. The quantitative estimate of drug-likeness (QED) is 0.433. The van der Waals surface area contributed by atoms with Gasteiger partial charge in [0.1, 0.15) is 6.29 Å². The molecule has 0 unspecified atom stereocenters. The van der Waals surface area contributed by atoms with Crippen molar-refractivity contribution in [3.8, 4) is 11.5 Å². The number of aromatic amines is 1. The number of ketones is 1. The lowest BCUT2D eigenvalue weighted by Crippen LogP contribution is -2.25. The highest BCUT2D eigenvalue weighted by atomic mass is 16.5. The molecule has 144 valence electrons. The number of esters is 1. The van der Waals surface area contributed by atoms with Crippen molar-refractivity contribution in [3.63, 3.8) is 0 Å². The van der Waals surface area contributed by atoms with E-state index >= 15 is 0 Å². The van der Waals surface area contributed by atoms with Crippen LogP contribution in [0.2, 0.25) is 0 Å². The van der Waals surface area contributed by atoms with Gasteiger partial charge in [-0.1, -0.05) is 0 Å². The standard InChI is InChI=1S/C20H23NO6/c1-6-26-16-9-14(10-22)7-8-15(16)27-13(4)19(23)18-11(2)17(12(3)21-18)20(24)25-5/h7-10,13,21H,6H2,1-5H3/t13-/m1/s1. The van der Waals surface area contributed by atoms with Crippen molar-refractivity contribution in [1.29, 1.82) is 0 Å². The van der Waals surface area contributed by atoms with Crippen LogP contribution >= 0.6 is 0 Å². The molecule has 0 spiro atoms. The largest absolute Gasteiger partial charge is 0.490 e. The van der Waals surface area contributed by atoms with Crippen LogP contribution in [-0.4, -0.2) is 42.8 Å². The van der Waals surface area contributed by atoms with Gasteiger partial charge < -0.3 is 19.2 Å². The van der Waals surface area contributed by atoms with Crippen LogP contribution in [0.15, 0.2) is 18.2 Å². The van der Waals surface area contributed by atoms with Crippen molar-refractivity contribution in [1.82, 2.24) is 4.98 Å². The van der Waals surface area contributed by atoms with E-state index in [1.165, 1.54) is 7.11 Å². The van der Waals surface area contributed by atoms with Gasteiger partial charge in [-0.2, -0.15) is 0 Å². The topological polar surface area (TPSA) is 94.7 Å². The van der Waals surface area contributed by atoms with E-state index in [0.29, 0.717) is 52.5 Å². The first-order valence-corrected chi connectivity index (χ1v) is 8.54. The van der Waals surface area contributed by atoms with E-state index in [1.54, 1.807) is 39.0 Å². The van der Waals surface area contributed by atoms with Gasteiger partial charge in [0, 0.05) is 11.3 Å². The van der Waals surface area contributed by atoms with Gasteiger partial charge in [-0.05, 0) is 51.5 Å². The molecule has 0 aliphatic heterocycles. The summed E-state index contributed by atoms with van der Waals surface area (Å²) < 4.78 is 16.0. The Hall–Kier alpha value is -3.09. The summed E-state index contributed by atoms with van der Waals surface area (Å²) >= 11 is 0.